The SMILES string of the molecule is c1ccc(-c2ccc(-c3ccccc3)c(N(c3cc(-c4ccccc4)ccc3-c3ccccc3)c3cccc4c3c3ccccc3n4-c3ccccc3)c2)cc1. The van der Waals surface area contributed by atoms with Gasteiger partial charge in [-0.25, -0.2) is 0 Å². The van der Waals surface area contributed by atoms with Crippen molar-refractivity contribution in [3.8, 4) is 50.2 Å². The minimum atomic E-state index is 1.10. The zero-order valence-electron chi connectivity index (χ0n) is 30.8. The summed E-state index contributed by atoms with van der Waals surface area (Å²) in [5.74, 6) is 0. The van der Waals surface area contributed by atoms with Crippen LogP contribution in [0.25, 0.3) is 72.0 Å². The number of aromatic nitrogens is 1. The van der Waals surface area contributed by atoms with Gasteiger partial charge in [0.05, 0.1) is 28.1 Å². The maximum atomic E-state index is 2.54. The zero-order chi connectivity index (χ0) is 37.3. The minimum Gasteiger partial charge on any atom is -0.309 e. The zero-order valence-corrected chi connectivity index (χ0v) is 30.8. The van der Waals surface area contributed by atoms with Crippen molar-refractivity contribution < 1.29 is 0 Å². The molecule has 264 valence electrons. The molecule has 56 heavy (non-hydrogen) atoms. The predicted molar refractivity (Wildman–Crippen MR) is 237 cm³/mol. The van der Waals surface area contributed by atoms with Gasteiger partial charge in [-0.1, -0.05) is 188 Å². The molecule has 0 spiro atoms. The third-order valence-electron chi connectivity index (χ3n) is 10.8. The molecule has 0 N–H and O–H groups in total. The largest absolute Gasteiger partial charge is 0.309 e. The number of benzene rings is 9. The molecular weight excluding hydrogens is 677 g/mol. The highest BCUT2D eigenvalue weighted by atomic mass is 15.2. The van der Waals surface area contributed by atoms with Crippen LogP contribution in [-0.4, -0.2) is 4.57 Å². The van der Waals surface area contributed by atoms with E-state index in [0.29, 0.717) is 0 Å². The molecule has 10 rings (SSSR count). The van der Waals surface area contributed by atoms with E-state index in [4.69, 9.17) is 0 Å². The molecule has 9 aromatic carbocycles. The average Bonchev–Trinajstić information content (AvgIpc) is 3.63. The summed E-state index contributed by atoms with van der Waals surface area (Å²) in [6.07, 6.45) is 0. The quantitative estimate of drug-likeness (QED) is 0.152. The lowest BCUT2D eigenvalue weighted by Gasteiger charge is -2.31. The first-order valence-corrected chi connectivity index (χ1v) is 19.2. The van der Waals surface area contributed by atoms with Gasteiger partial charge in [0.2, 0.25) is 0 Å². The Kier molecular flexibility index (Phi) is 8.55. The van der Waals surface area contributed by atoms with E-state index in [9.17, 15) is 0 Å². The summed E-state index contributed by atoms with van der Waals surface area (Å²) < 4.78 is 2.41. The summed E-state index contributed by atoms with van der Waals surface area (Å²) in [5.41, 5.74) is 16.1. The molecule has 2 nitrogen and oxygen atoms in total. The predicted octanol–water partition coefficient (Wildman–Crippen LogP) is 14.9. The van der Waals surface area contributed by atoms with Gasteiger partial charge < -0.3 is 9.47 Å². The van der Waals surface area contributed by atoms with E-state index in [0.717, 1.165) is 61.6 Å². The molecule has 10 aromatic rings. The second kappa shape index (κ2) is 14.4. The van der Waals surface area contributed by atoms with Crippen LogP contribution < -0.4 is 4.90 Å². The highest BCUT2D eigenvalue weighted by Crippen LogP contribution is 2.50. The lowest BCUT2D eigenvalue weighted by molar-refractivity contribution is 1.18. The standard InChI is InChI=1S/C54H38N2/c1-6-19-39(20-7-1)43-33-35-46(41-23-10-3-11-24-41)52(37-43)56(53-38-44(40-21-8-2-9-22-40)34-36-47(53)42-25-12-4-13-26-42)51-32-18-31-50-54(51)48-29-16-17-30-49(48)55(50)45-27-14-5-15-28-45/h1-38H. The maximum Gasteiger partial charge on any atom is 0.0562 e. The molecule has 0 atom stereocenters. The lowest BCUT2D eigenvalue weighted by Crippen LogP contribution is -2.13. The van der Waals surface area contributed by atoms with Crippen molar-refractivity contribution in [2.24, 2.45) is 0 Å². The van der Waals surface area contributed by atoms with E-state index in [1.807, 2.05) is 0 Å². The van der Waals surface area contributed by atoms with Gasteiger partial charge in [-0.2, -0.15) is 0 Å². The molecule has 0 aliphatic rings. The molecule has 2 heteroatoms. The Morgan fingerprint density at radius 2 is 0.714 bits per heavy atom. The van der Waals surface area contributed by atoms with Crippen molar-refractivity contribution in [2.45, 2.75) is 0 Å². The number of hydrogen-bond donors (Lipinski definition) is 0. The van der Waals surface area contributed by atoms with Gasteiger partial charge in [-0.05, 0) is 75.8 Å². The number of hydrogen-bond acceptors (Lipinski definition) is 1. The van der Waals surface area contributed by atoms with Crippen LogP contribution in [-0.2, 0) is 0 Å². The summed E-state index contributed by atoms with van der Waals surface area (Å²) in [4.78, 5) is 2.54. The molecule has 1 aromatic heterocycles. The lowest BCUT2D eigenvalue weighted by atomic mass is 9.93. The fourth-order valence-electron chi connectivity index (χ4n) is 8.21. The van der Waals surface area contributed by atoms with E-state index in [-0.39, 0.29) is 0 Å². The number of anilines is 3. The van der Waals surface area contributed by atoms with Gasteiger partial charge in [-0.3, -0.25) is 0 Å². The number of fused-ring (bicyclic) bond motifs is 3. The monoisotopic (exact) mass is 714 g/mol. The molecule has 0 bridgehead atoms. The molecule has 1 heterocycles. The van der Waals surface area contributed by atoms with E-state index >= 15 is 0 Å². The Bertz CT molecular complexity index is 2810. The summed E-state index contributed by atoms with van der Waals surface area (Å²) in [6.45, 7) is 0. The third-order valence-corrected chi connectivity index (χ3v) is 10.8. The molecule has 0 saturated carbocycles. The van der Waals surface area contributed by atoms with Gasteiger partial charge in [0.1, 0.15) is 0 Å². The summed E-state index contributed by atoms with van der Waals surface area (Å²) >= 11 is 0. The molecule has 0 saturated heterocycles. The first-order chi connectivity index (χ1) is 27.8. The van der Waals surface area contributed by atoms with Gasteiger partial charge in [-0.15, -0.1) is 0 Å². The minimum absolute atomic E-state index is 1.10. The Morgan fingerprint density at radius 3 is 1.23 bits per heavy atom. The van der Waals surface area contributed by atoms with Crippen molar-refractivity contribution in [1.82, 2.24) is 4.57 Å². The Labute approximate surface area is 327 Å². The normalized spacial score (nSPS) is 11.2. The topological polar surface area (TPSA) is 8.17 Å². The van der Waals surface area contributed by atoms with Crippen molar-refractivity contribution in [3.05, 3.63) is 231 Å². The molecular formula is C54H38N2. The second-order valence-electron chi connectivity index (χ2n) is 14.1. The smallest absolute Gasteiger partial charge is 0.0562 e. The van der Waals surface area contributed by atoms with Crippen LogP contribution in [0.5, 0.6) is 0 Å². The van der Waals surface area contributed by atoms with Crippen LogP contribution in [0.4, 0.5) is 17.1 Å². The highest BCUT2D eigenvalue weighted by molar-refractivity contribution is 6.17. The van der Waals surface area contributed by atoms with Gasteiger partial charge >= 0.3 is 0 Å². The van der Waals surface area contributed by atoms with Gasteiger partial charge in [0.25, 0.3) is 0 Å². The highest BCUT2D eigenvalue weighted by Gasteiger charge is 2.26. The average molecular weight is 715 g/mol. The Morgan fingerprint density at radius 1 is 0.286 bits per heavy atom. The van der Waals surface area contributed by atoms with Gasteiger partial charge in [0, 0.05) is 27.6 Å². The van der Waals surface area contributed by atoms with Crippen molar-refractivity contribution >= 4 is 38.9 Å². The van der Waals surface area contributed by atoms with Crippen LogP contribution in [0.2, 0.25) is 0 Å². The van der Waals surface area contributed by atoms with Crippen molar-refractivity contribution in [2.75, 3.05) is 4.90 Å². The molecule has 0 unspecified atom stereocenters. The van der Waals surface area contributed by atoms with Gasteiger partial charge in [0.15, 0.2) is 0 Å². The summed E-state index contributed by atoms with van der Waals surface area (Å²) in [7, 11) is 0. The third kappa shape index (κ3) is 5.95. The van der Waals surface area contributed by atoms with E-state index in [2.05, 4.69) is 240 Å². The molecule has 0 aliphatic carbocycles. The molecule has 0 radical (unpaired) electrons. The fourth-order valence-corrected chi connectivity index (χ4v) is 8.21. The van der Waals surface area contributed by atoms with Crippen LogP contribution >= 0.6 is 0 Å². The Balaban J connectivity index is 1.37. The number of rotatable bonds is 8. The maximum absolute atomic E-state index is 2.54. The molecule has 0 amide bonds. The number of nitrogens with zero attached hydrogens (tertiary/aromatic N) is 2. The van der Waals surface area contributed by atoms with E-state index in [1.54, 1.807) is 0 Å². The molecule has 0 aliphatic heterocycles. The van der Waals surface area contributed by atoms with E-state index in [1.165, 1.54) is 27.4 Å². The molecule has 0 fully saturated rings. The fraction of sp³-hybridized carbons (Fsp3) is 0. The van der Waals surface area contributed by atoms with Crippen molar-refractivity contribution in [1.29, 1.82) is 0 Å². The second-order valence-corrected chi connectivity index (χ2v) is 14.1. The Hall–Kier alpha value is -7.42. The number of para-hydroxylation sites is 2. The summed E-state index contributed by atoms with van der Waals surface area (Å²) in [5, 5.41) is 2.40. The first kappa shape index (κ1) is 33.2. The summed E-state index contributed by atoms with van der Waals surface area (Å²) in [6, 6.07) is 83.3. The van der Waals surface area contributed by atoms with Crippen LogP contribution in [0.3, 0.4) is 0 Å². The van der Waals surface area contributed by atoms with Crippen LogP contribution in [0.15, 0.2) is 231 Å². The first-order valence-electron chi connectivity index (χ1n) is 19.2. The van der Waals surface area contributed by atoms with Crippen LogP contribution in [0, 0.1) is 0 Å². The van der Waals surface area contributed by atoms with Crippen molar-refractivity contribution in [3.63, 3.8) is 0 Å². The van der Waals surface area contributed by atoms with Crippen LogP contribution in [0.1, 0.15) is 0 Å². The van der Waals surface area contributed by atoms with E-state index < -0.39 is 0 Å².